The second kappa shape index (κ2) is 7.95. The van der Waals surface area contributed by atoms with Crippen molar-refractivity contribution in [1.82, 2.24) is 14.5 Å². The van der Waals surface area contributed by atoms with Crippen LogP contribution >= 0.6 is 0 Å². The number of hydrogen-bond acceptors (Lipinski definition) is 3. The molecule has 0 bridgehead atoms. The topological polar surface area (TPSA) is 79.9 Å². The van der Waals surface area contributed by atoms with E-state index >= 15 is 0 Å². The SMILES string of the molecule is Cn1cc(C2=C(c3cn(Cc4cccc(C=N)c4)c4ccccc34)C(=O)NC2=O)c2ccccc21. The summed E-state index contributed by atoms with van der Waals surface area (Å²) < 4.78 is 4.07. The van der Waals surface area contributed by atoms with Crippen LogP contribution in [-0.2, 0) is 23.2 Å². The molecule has 0 saturated carbocycles. The van der Waals surface area contributed by atoms with Gasteiger partial charge in [-0.3, -0.25) is 14.9 Å². The van der Waals surface area contributed by atoms with Crippen LogP contribution < -0.4 is 5.32 Å². The van der Waals surface area contributed by atoms with Gasteiger partial charge in [0.25, 0.3) is 11.8 Å². The van der Waals surface area contributed by atoms with E-state index in [1.807, 2.05) is 96.8 Å². The van der Waals surface area contributed by atoms with E-state index in [4.69, 9.17) is 5.41 Å². The van der Waals surface area contributed by atoms with Crippen LogP contribution in [0.25, 0.3) is 33.0 Å². The van der Waals surface area contributed by atoms with Crippen molar-refractivity contribution in [1.29, 1.82) is 5.41 Å². The summed E-state index contributed by atoms with van der Waals surface area (Å²) in [6, 6.07) is 23.6. The second-order valence-electron chi connectivity index (χ2n) is 8.78. The number of benzene rings is 3. The normalized spacial score (nSPS) is 13.7. The van der Waals surface area contributed by atoms with E-state index in [1.54, 1.807) is 0 Å². The average Bonchev–Trinajstić information content (AvgIpc) is 3.50. The Labute approximate surface area is 201 Å². The van der Waals surface area contributed by atoms with Gasteiger partial charge in [0.1, 0.15) is 0 Å². The molecule has 3 aromatic carbocycles. The first kappa shape index (κ1) is 20.9. The summed E-state index contributed by atoms with van der Waals surface area (Å²) >= 11 is 0. The molecule has 0 atom stereocenters. The third-order valence-electron chi connectivity index (χ3n) is 6.63. The molecule has 6 rings (SSSR count). The Morgan fingerprint density at radius 3 is 2.14 bits per heavy atom. The van der Waals surface area contributed by atoms with Gasteiger partial charge in [0.2, 0.25) is 0 Å². The van der Waals surface area contributed by atoms with Crippen molar-refractivity contribution in [2.45, 2.75) is 6.54 Å². The second-order valence-corrected chi connectivity index (χ2v) is 8.78. The smallest absolute Gasteiger partial charge is 0.259 e. The molecule has 35 heavy (non-hydrogen) atoms. The predicted octanol–water partition coefficient (Wildman–Crippen LogP) is 4.75. The monoisotopic (exact) mass is 458 g/mol. The molecule has 0 spiro atoms. The summed E-state index contributed by atoms with van der Waals surface area (Å²) in [5, 5.41) is 11.9. The first-order chi connectivity index (χ1) is 17.0. The minimum atomic E-state index is -0.383. The Balaban J connectivity index is 1.58. The van der Waals surface area contributed by atoms with E-state index in [2.05, 4.69) is 9.88 Å². The van der Waals surface area contributed by atoms with Gasteiger partial charge >= 0.3 is 0 Å². The van der Waals surface area contributed by atoms with Crippen molar-refractivity contribution < 1.29 is 9.59 Å². The van der Waals surface area contributed by atoms with Gasteiger partial charge < -0.3 is 14.5 Å². The molecule has 0 aliphatic carbocycles. The van der Waals surface area contributed by atoms with E-state index in [1.165, 1.54) is 6.21 Å². The fourth-order valence-corrected chi connectivity index (χ4v) is 5.06. The summed E-state index contributed by atoms with van der Waals surface area (Å²) in [5.74, 6) is -0.761. The van der Waals surface area contributed by atoms with Crippen LogP contribution in [0.4, 0.5) is 0 Å². The van der Waals surface area contributed by atoms with E-state index in [9.17, 15) is 9.59 Å². The number of carbonyl (C=O) groups is 2. The number of aromatic nitrogens is 2. The van der Waals surface area contributed by atoms with Crippen LogP contribution in [0.1, 0.15) is 22.3 Å². The van der Waals surface area contributed by atoms with Gasteiger partial charge in [-0.15, -0.1) is 0 Å². The molecule has 0 unspecified atom stereocenters. The molecule has 0 radical (unpaired) electrons. The number of hydrogen-bond donors (Lipinski definition) is 2. The Kier molecular flexibility index (Phi) is 4.74. The standard InChI is InChI=1S/C29H22N4O2/c1-32-16-22(20-9-2-4-11-24(20)32)26-27(29(35)31-28(26)34)23-17-33(25-12-5-3-10-21(23)25)15-19-8-6-7-18(13-19)14-30/h2-14,16-17,30H,15H2,1H3,(H,31,34,35). The number of fused-ring (bicyclic) bond motifs is 2. The maximum Gasteiger partial charge on any atom is 0.259 e. The lowest BCUT2D eigenvalue weighted by Crippen LogP contribution is -2.22. The number of rotatable bonds is 5. The molecular formula is C29H22N4O2. The quantitative estimate of drug-likeness (QED) is 0.295. The molecule has 2 N–H and O–H groups in total. The summed E-state index contributed by atoms with van der Waals surface area (Å²) in [6.45, 7) is 0.578. The molecule has 6 heteroatoms. The predicted molar refractivity (Wildman–Crippen MR) is 138 cm³/mol. The number of para-hydroxylation sites is 2. The highest BCUT2D eigenvalue weighted by Gasteiger charge is 2.35. The lowest BCUT2D eigenvalue weighted by Gasteiger charge is -2.06. The summed E-state index contributed by atoms with van der Waals surface area (Å²) in [6.07, 6.45) is 5.21. The average molecular weight is 459 g/mol. The van der Waals surface area contributed by atoms with Crippen LogP contribution in [0, 0.1) is 5.41 Å². The molecule has 2 amide bonds. The van der Waals surface area contributed by atoms with Crippen LogP contribution in [-0.4, -0.2) is 27.2 Å². The van der Waals surface area contributed by atoms with Crippen molar-refractivity contribution in [3.8, 4) is 0 Å². The van der Waals surface area contributed by atoms with E-state index in [0.29, 0.717) is 17.7 Å². The van der Waals surface area contributed by atoms with Crippen LogP contribution in [0.2, 0.25) is 0 Å². The zero-order chi connectivity index (χ0) is 24.1. The number of nitrogens with one attached hydrogen (secondary N) is 2. The van der Waals surface area contributed by atoms with Crippen molar-refractivity contribution in [3.63, 3.8) is 0 Å². The Morgan fingerprint density at radius 1 is 0.800 bits per heavy atom. The first-order valence-electron chi connectivity index (χ1n) is 11.4. The zero-order valence-electron chi connectivity index (χ0n) is 19.1. The lowest BCUT2D eigenvalue weighted by molar-refractivity contribution is -0.122. The Morgan fingerprint density at radius 2 is 1.43 bits per heavy atom. The minimum Gasteiger partial charge on any atom is -0.350 e. The van der Waals surface area contributed by atoms with Gasteiger partial charge in [0.05, 0.1) is 11.1 Å². The first-order valence-corrected chi connectivity index (χ1v) is 11.4. The third-order valence-corrected chi connectivity index (χ3v) is 6.63. The van der Waals surface area contributed by atoms with E-state index in [0.717, 1.165) is 44.1 Å². The van der Waals surface area contributed by atoms with Crippen molar-refractivity contribution in [3.05, 3.63) is 107 Å². The fourth-order valence-electron chi connectivity index (χ4n) is 5.06. The zero-order valence-corrected chi connectivity index (χ0v) is 19.1. The summed E-state index contributed by atoms with van der Waals surface area (Å²) in [5.41, 5.74) is 6.13. The molecular weight excluding hydrogens is 436 g/mol. The molecule has 5 aromatic rings. The van der Waals surface area contributed by atoms with Crippen LogP contribution in [0.15, 0.2) is 85.2 Å². The number of carbonyl (C=O) groups excluding carboxylic acids is 2. The number of aryl methyl sites for hydroxylation is 1. The largest absolute Gasteiger partial charge is 0.350 e. The number of amides is 2. The molecule has 3 heterocycles. The molecule has 0 fully saturated rings. The van der Waals surface area contributed by atoms with Gasteiger partial charge in [-0.1, -0.05) is 54.6 Å². The lowest BCUT2D eigenvalue weighted by atomic mass is 9.95. The van der Waals surface area contributed by atoms with Crippen molar-refractivity contribution >= 4 is 51.0 Å². The van der Waals surface area contributed by atoms with Crippen LogP contribution in [0.5, 0.6) is 0 Å². The molecule has 2 aromatic heterocycles. The van der Waals surface area contributed by atoms with Crippen LogP contribution in [0.3, 0.4) is 0 Å². The maximum atomic E-state index is 13.2. The van der Waals surface area contributed by atoms with Gasteiger partial charge in [-0.2, -0.15) is 0 Å². The Bertz CT molecular complexity index is 1720. The maximum absolute atomic E-state index is 13.2. The van der Waals surface area contributed by atoms with Crippen molar-refractivity contribution in [2.24, 2.45) is 7.05 Å². The van der Waals surface area contributed by atoms with Gasteiger partial charge in [0.15, 0.2) is 0 Å². The molecule has 6 nitrogen and oxygen atoms in total. The van der Waals surface area contributed by atoms with Crippen molar-refractivity contribution in [2.75, 3.05) is 0 Å². The van der Waals surface area contributed by atoms with Gasteiger partial charge in [-0.05, 0) is 29.3 Å². The Hall–Kier alpha value is -4.71. The van der Waals surface area contributed by atoms with Gasteiger partial charge in [0, 0.05) is 65.1 Å². The number of imide groups is 1. The fraction of sp³-hybridized carbons (Fsp3) is 0.0690. The molecule has 1 aliphatic rings. The summed E-state index contributed by atoms with van der Waals surface area (Å²) in [7, 11) is 1.94. The highest BCUT2D eigenvalue weighted by atomic mass is 16.2. The molecule has 1 aliphatic heterocycles. The minimum absolute atomic E-state index is 0.378. The third kappa shape index (κ3) is 3.30. The number of nitrogens with zero attached hydrogens (tertiary/aromatic N) is 2. The highest BCUT2D eigenvalue weighted by molar-refractivity contribution is 6.50. The summed E-state index contributed by atoms with van der Waals surface area (Å²) in [4.78, 5) is 26.3. The van der Waals surface area contributed by atoms with Gasteiger partial charge in [-0.25, -0.2) is 0 Å². The highest BCUT2D eigenvalue weighted by Crippen LogP contribution is 2.38. The molecule has 0 saturated heterocycles. The molecule has 170 valence electrons. The van der Waals surface area contributed by atoms with E-state index < -0.39 is 0 Å². The van der Waals surface area contributed by atoms with E-state index in [-0.39, 0.29) is 11.8 Å².